The third-order valence-electron chi connectivity index (χ3n) is 4.21. The van der Waals surface area contributed by atoms with Gasteiger partial charge in [0.25, 0.3) is 0 Å². The molecule has 1 N–H and O–H groups in total. The summed E-state index contributed by atoms with van der Waals surface area (Å²) in [6, 6.07) is 9.35. The van der Waals surface area contributed by atoms with Crippen LogP contribution in [0, 0.1) is 0 Å². The van der Waals surface area contributed by atoms with E-state index in [1.54, 1.807) is 7.05 Å². The second-order valence-electron chi connectivity index (χ2n) is 5.46. The summed E-state index contributed by atoms with van der Waals surface area (Å²) in [5.74, 6) is -0.698. The number of carbonyl (C=O) groups is 2. The number of likely N-dealkylation sites (tertiary alicyclic amines) is 1. The molecule has 0 radical (unpaired) electrons. The molecule has 1 aromatic carbocycles. The third-order valence-corrected chi connectivity index (χ3v) is 4.21. The molecule has 0 spiro atoms. The van der Waals surface area contributed by atoms with Crippen LogP contribution in [0.2, 0.25) is 0 Å². The molecule has 1 fully saturated rings. The Labute approximate surface area is 130 Å². The Kier molecular flexibility index (Phi) is 5.15. The van der Waals surface area contributed by atoms with Crippen LogP contribution in [0.3, 0.4) is 0 Å². The van der Waals surface area contributed by atoms with Gasteiger partial charge in [-0.2, -0.15) is 0 Å². The van der Waals surface area contributed by atoms with E-state index in [-0.39, 0.29) is 11.9 Å². The summed E-state index contributed by atoms with van der Waals surface area (Å²) in [4.78, 5) is 26.2. The number of likely N-dealkylation sites (N-methyl/N-ethyl adjacent to an activating group) is 1. The Hall–Kier alpha value is -1.92. The van der Waals surface area contributed by atoms with Gasteiger partial charge in [-0.05, 0) is 12.6 Å². The van der Waals surface area contributed by atoms with Crippen LogP contribution in [0.1, 0.15) is 12.0 Å². The van der Waals surface area contributed by atoms with Gasteiger partial charge in [-0.1, -0.05) is 30.3 Å². The Morgan fingerprint density at radius 2 is 1.95 bits per heavy atom. The predicted molar refractivity (Wildman–Crippen MR) is 81.1 cm³/mol. The van der Waals surface area contributed by atoms with Crippen molar-refractivity contribution < 1.29 is 19.1 Å². The fraction of sp³-hybridized carbons (Fsp3) is 0.500. The lowest BCUT2D eigenvalue weighted by Gasteiger charge is -2.25. The van der Waals surface area contributed by atoms with Gasteiger partial charge in [-0.3, -0.25) is 14.5 Å². The highest BCUT2D eigenvalue weighted by atomic mass is 16.5. The lowest BCUT2D eigenvalue weighted by atomic mass is 9.96. The third kappa shape index (κ3) is 3.13. The summed E-state index contributed by atoms with van der Waals surface area (Å²) >= 11 is 0. The molecule has 22 heavy (non-hydrogen) atoms. The molecule has 0 aliphatic carbocycles. The first-order valence-electron chi connectivity index (χ1n) is 7.19. The molecule has 2 atom stereocenters. The SMILES string of the molecule is CN[C@]1(C(=O)OC)C[C@H](C(=O)OC)N(Cc2ccccc2)C1. The monoisotopic (exact) mass is 306 g/mol. The zero-order chi connectivity index (χ0) is 16.2. The van der Waals surface area contributed by atoms with E-state index in [4.69, 9.17) is 9.47 Å². The summed E-state index contributed by atoms with van der Waals surface area (Å²) < 4.78 is 9.80. The van der Waals surface area contributed by atoms with E-state index in [0.29, 0.717) is 19.5 Å². The molecule has 0 aromatic heterocycles. The van der Waals surface area contributed by atoms with Gasteiger partial charge in [0.15, 0.2) is 0 Å². The predicted octanol–water partition coefficient (Wildman–Crippen LogP) is 0.565. The molecule has 6 nitrogen and oxygen atoms in total. The first kappa shape index (κ1) is 16.5. The summed E-state index contributed by atoms with van der Waals surface area (Å²) in [6.07, 6.45) is 0.329. The molecule has 0 bridgehead atoms. The number of benzene rings is 1. The van der Waals surface area contributed by atoms with Gasteiger partial charge in [0, 0.05) is 19.5 Å². The minimum Gasteiger partial charge on any atom is -0.468 e. The van der Waals surface area contributed by atoms with Crippen LogP contribution in [0.15, 0.2) is 30.3 Å². The van der Waals surface area contributed by atoms with Crippen LogP contribution in [-0.2, 0) is 25.6 Å². The highest BCUT2D eigenvalue weighted by Gasteiger charge is 2.51. The van der Waals surface area contributed by atoms with Crippen molar-refractivity contribution in [3.8, 4) is 0 Å². The molecule has 1 aliphatic rings. The van der Waals surface area contributed by atoms with Crippen LogP contribution < -0.4 is 5.32 Å². The Morgan fingerprint density at radius 3 is 2.50 bits per heavy atom. The van der Waals surface area contributed by atoms with Gasteiger partial charge < -0.3 is 14.8 Å². The van der Waals surface area contributed by atoms with Crippen LogP contribution >= 0.6 is 0 Å². The Morgan fingerprint density at radius 1 is 1.27 bits per heavy atom. The summed E-state index contributed by atoms with van der Waals surface area (Å²) in [7, 11) is 4.42. The van der Waals surface area contributed by atoms with Crippen molar-refractivity contribution in [2.75, 3.05) is 27.8 Å². The number of hydrogen-bond donors (Lipinski definition) is 1. The van der Waals surface area contributed by atoms with E-state index < -0.39 is 11.6 Å². The number of nitrogens with zero attached hydrogens (tertiary/aromatic N) is 1. The van der Waals surface area contributed by atoms with Crippen molar-refractivity contribution >= 4 is 11.9 Å². The van der Waals surface area contributed by atoms with E-state index in [1.807, 2.05) is 35.2 Å². The maximum Gasteiger partial charge on any atom is 0.327 e. The average Bonchev–Trinajstić information content (AvgIpc) is 2.94. The van der Waals surface area contributed by atoms with Gasteiger partial charge in [-0.15, -0.1) is 0 Å². The number of hydrogen-bond acceptors (Lipinski definition) is 6. The number of ether oxygens (including phenoxy) is 2. The number of carbonyl (C=O) groups excluding carboxylic acids is 2. The van der Waals surface area contributed by atoms with E-state index in [1.165, 1.54) is 14.2 Å². The van der Waals surface area contributed by atoms with Crippen molar-refractivity contribution in [2.45, 2.75) is 24.5 Å². The largest absolute Gasteiger partial charge is 0.468 e. The second kappa shape index (κ2) is 6.89. The molecular weight excluding hydrogens is 284 g/mol. The molecule has 1 saturated heterocycles. The van der Waals surface area contributed by atoms with Crippen molar-refractivity contribution in [1.82, 2.24) is 10.2 Å². The molecule has 0 saturated carbocycles. The summed E-state index contributed by atoms with van der Waals surface area (Å²) in [5, 5.41) is 3.03. The van der Waals surface area contributed by atoms with E-state index in [9.17, 15) is 9.59 Å². The van der Waals surface area contributed by atoms with Crippen LogP contribution in [0.4, 0.5) is 0 Å². The van der Waals surface area contributed by atoms with E-state index >= 15 is 0 Å². The highest BCUT2D eigenvalue weighted by molar-refractivity contribution is 5.85. The van der Waals surface area contributed by atoms with Gasteiger partial charge >= 0.3 is 11.9 Å². The van der Waals surface area contributed by atoms with E-state index in [2.05, 4.69) is 5.32 Å². The average molecular weight is 306 g/mol. The number of rotatable bonds is 5. The van der Waals surface area contributed by atoms with Gasteiger partial charge in [0.2, 0.25) is 0 Å². The Bertz CT molecular complexity index is 534. The summed E-state index contributed by atoms with van der Waals surface area (Å²) in [5.41, 5.74) is 0.190. The molecule has 1 aromatic rings. The first-order chi connectivity index (χ1) is 10.6. The van der Waals surface area contributed by atoms with Crippen molar-refractivity contribution in [3.63, 3.8) is 0 Å². The number of nitrogens with one attached hydrogen (secondary N) is 1. The van der Waals surface area contributed by atoms with Gasteiger partial charge in [0.05, 0.1) is 14.2 Å². The summed E-state index contributed by atoms with van der Waals surface area (Å²) in [6.45, 7) is 0.964. The standard InChI is InChI=1S/C16H22N2O4/c1-17-16(15(20)22-3)9-13(14(19)21-2)18(11-16)10-12-7-5-4-6-8-12/h4-8,13,17H,9-11H2,1-3H3/t13-,16-/m1/s1. The van der Waals surface area contributed by atoms with Gasteiger partial charge in [-0.25, -0.2) is 0 Å². The normalized spacial score (nSPS) is 25.0. The minimum atomic E-state index is -0.887. The molecular formula is C16H22N2O4. The molecule has 120 valence electrons. The van der Waals surface area contributed by atoms with E-state index in [0.717, 1.165) is 5.56 Å². The zero-order valence-corrected chi connectivity index (χ0v) is 13.2. The second-order valence-corrected chi connectivity index (χ2v) is 5.46. The maximum atomic E-state index is 12.2. The highest BCUT2D eigenvalue weighted by Crippen LogP contribution is 2.30. The van der Waals surface area contributed by atoms with Crippen LogP contribution in [-0.4, -0.2) is 56.2 Å². The number of methoxy groups -OCH3 is 2. The lowest BCUT2D eigenvalue weighted by Crippen LogP contribution is -2.53. The van der Waals surface area contributed by atoms with Crippen molar-refractivity contribution in [3.05, 3.63) is 35.9 Å². The maximum absolute atomic E-state index is 12.2. The van der Waals surface area contributed by atoms with Crippen LogP contribution in [0.5, 0.6) is 0 Å². The fourth-order valence-corrected chi connectivity index (χ4v) is 2.96. The van der Waals surface area contributed by atoms with Crippen LogP contribution in [0.25, 0.3) is 0 Å². The minimum absolute atomic E-state index is 0.329. The first-order valence-corrected chi connectivity index (χ1v) is 7.19. The molecule has 1 heterocycles. The fourth-order valence-electron chi connectivity index (χ4n) is 2.96. The Balaban J connectivity index is 2.25. The molecule has 0 amide bonds. The lowest BCUT2D eigenvalue weighted by molar-refractivity contribution is -0.148. The smallest absolute Gasteiger partial charge is 0.327 e. The van der Waals surface area contributed by atoms with Gasteiger partial charge in [0.1, 0.15) is 11.6 Å². The zero-order valence-electron chi connectivity index (χ0n) is 13.2. The molecule has 2 rings (SSSR count). The van der Waals surface area contributed by atoms with Crippen molar-refractivity contribution in [2.24, 2.45) is 0 Å². The quantitative estimate of drug-likeness (QED) is 0.802. The van der Waals surface area contributed by atoms with Crippen molar-refractivity contribution in [1.29, 1.82) is 0 Å². The number of esters is 2. The molecule has 1 aliphatic heterocycles. The molecule has 0 unspecified atom stereocenters. The molecule has 6 heteroatoms. The topological polar surface area (TPSA) is 67.9 Å².